The van der Waals surface area contributed by atoms with Crippen LogP contribution in [0, 0.1) is 0 Å². The molecule has 1 N–H and O–H groups in total. The van der Waals surface area contributed by atoms with E-state index in [0.717, 1.165) is 6.42 Å². The lowest BCUT2D eigenvalue weighted by Crippen LogP contribution is -3.00. The zero-order valence-electron chi connectivity index (χ0n) is 5.80. The van der Waals surface area contributed by atoms with E-state index in [9.17, 15) is 8.42 Å². The van der Waals surface area contributed by atoms with Crippen LogP contribution in [0.15, 0.2) is 0 Å². The van der Waals surface area contributed by atoms with Crippen LogP contribution in [0.2, 0.25) is 0 Å². The lowest BCUT2D eigenvalue weighted by atomic mass is 10.3. The standard InChI is InChI=1S/C5H11NO2S.ClH/c1-6-5-2-3-9(7,8)4-5;/h5-6H,2-4H2,1H3;1H/p-1. The first-order valence-electron chi connectivity index (χ1n) is 3.02. The topological polar surface area (TPSA) is 46.2 Å². The number of nitrogens with one attached hydrogen (secondary N) is 1. The number of halogens is 1. The molecule has 1 rings (SSSR count). The summed E-state index contributed by atoms with van der Waals surface area (Å²) in [6.45, 7) is 0. The summed E-state index contributed by atoms with van der Waals surface area (Å²) in [4.78, 5) is 0. The first-order chi connectivity index (χ1) is 4.14. The molecule has 62 valence electrons. The molecule has 1 aliphatic rings. The zero-order valence-corrected chi connectivity index (χ0v) is 7.37. The Balaban J connectivity index is 0.000000810. The van der Waals surface area contributed by atoms with Gasteiger partial charge in [-0.3, -0.25) is 0 Å². The molecule has 1 heterocycles. The minimum absolute atomic E-state index is 0. The number of sulfone groups is 1. The Bertz CT molecular complexity index is 190. The second-order valence-electron chi connectivity index (χ2n) is 2.39. The SMILES string of the molecule is CNC1CCS(=O)(=O)C1.[Cl-]. The van der Waals surface area contributed by atoms with Gasteiger partial charge < -0.3 is 17.7 Å². The molecule has 0 bridgehead atoms. The summed E-state index contributed by atoms with van der Waals surface area (Å²) in [5.41, 5.74) is 0. The van der Waals surface area contributed by atoms with E-state index in [1.807, 2.05) is 0 Å². The molecule has 0 radical (unpaired) electrons. The van der Waals surface area contributed by atoms with Gasteiger partial charge in [-0.1, -0.05) is 0 Å². The van der Waals surface area contributed by atoms with Crippen LogP contribution in [-0.4, -0.2) is 33.0 Å². The third kappa shape index (κ3) is 2.44. The van der Waals surface area contributed by atoms with Gasteiger partial charge in [0.1, 0.15) is 0 Å². The maximum Gasteiger partial charge on any atom is 0.151 e. The normalized spacial score (nSPS) is 29.5. The molecule has 0 aromatic carbocycles. The Labute approximate surface area is 67.5 Å². The lowest BCUT2D eigenvalue weighted by molar-refractivity contribution is -0.00000445. The Morgan fingerprint density at radius 1 is 1.50 bits per heavy atom. The third-order valence-corrected chi connectivity index (χ3v) is 3.41. The molecule has 0 aliphatic carbocycles. The van der Waals surface area contributed by atoms with Gasteiger partial charge in [-0.05, 0) is 13.5 Å². The van der Waals surface area contributed by atoms with Gasteiger partial charge in [-0.15, -0.1) is 0 Å². The van der Waals surface area contributed by atoms with Crippen molar-refractivity contribution in [2.45, 2.75) is 12.5 Å². The van der Waals surface area contributed by atoms with Crippen LogP contribution in [0.25, 0.3) is 0 Å². The van der Waals surface area contributed by atoms with Crippen molar-refractivity contribution in [1.29, 1.82) is 0 Å². The fourth-order valence-electron chi connectivity index (χ4n) is 1.02. The Morgan fingerprint density at radius 2 is 2.10 bits per heavy atom. The van der Waals surface area contributed by atoms with Crippen LogP contribution < -0.4 is 17.7 Å². The maximum absolute atomic E-state index is 10.8. The van der Waals surface area contributed by atoms with Crippen LogP contribution in [0.5, 0.6) is 0 Å². The summed E-state index contributed by atoms with van der Waals surface area (Å²) >= 11 is 0. The van der Waals surface area contributed by atoms with Crippen molar-refractivity contribution in [1.82, 2.24) is 5.32 Å². The first-order valence-corrected chi connectivity index (χ1v) is 4.84. The average molecular weight is 185 g/mol. The van der Waals surface area contributed by atoms with Gasteiger partial charge in [0.25, 0.3) is 0 Å². The fraction of sp³-hybridized carbons (Fsp3) is 1.00. The van der Waals surface area contributed by atoms with Crippen LogP contribution >= 0.6 is 0 Å². The summed E-state index contributed by atoms with van der Waals surface area (Å²) in [5, 5.41) is 2.94. The van der Waals surface area contributed by atoms with Crippen molar-refractivity contribution in [3.8, 4) is 0 Å². The highest BCUT2D eigenvalue weighted by atomic mass is 35.5. The summed E-state index contributed by atoms with van der Waals surface area (Å²) in [6.07, 6.45) is 0.777. The molecular formula is C5H11ClNO2S-. The predicted octanol–water partition coefficient (Wildman–Crippen LogP) is -3.60. The Kier molecular flexibility index (Phi) is 3.62. The van der Waals surface area contributed by atoms with Gasteiger partial charge in [0.15, 0.2) is 9.84 Å². The average Bonchev–Trinajstić information content (AvgIpc) is 2.10. The molecule has 0 saturated carbocycles. The third-order valence-electron chi connectivity index (χ3n) is 1.64. The monoisotopic (exact) mass is 184 g/mol. The van der Waals surface area contributed by atoms with Crippen molar-refractivity contribution in [3.05, 3.63) is 0 Å². The minimum atomic E-state index is -2.67. The highest BCUT2D eigenvalue weighted by molar-refractivity contribution is 7.91. The molecule has 0 spiro atoms. The second-order valence-corrected chi connectivity index (χ2v) is 4.62. The van der Waals surface area contributed by atoms with Crippen LogP contribution in [0.1, 0.15) is 6.42 Å². The molecule has 0 amide bonds. The molecule has 5 heteroatoms. The Morgan fingerprint density at radius 3 is 2.30 bits per heavy atom. The van der Waals surface area contributed by atoms with Gasteiger partial charge in [-0.25, -0.2) is 8.42 Å². The number of hydrogen-bond acceptors (Lipinski definition) is 3. The highest BCUT2D eigenvalue weighted by Gasteiger charge is 2.25. The van der Waals surface area contributed by atoms with E-state index < -0.39 is 9.84 Å². The van der Waals surface area contributed by atoms with Gasteiger partial charge >= 0.3 is 0 Å². The van der Waals surface area contributed by atoms with Crippen molar-refractivity contribution in [2.75, 3.05) is 18.6 Å². The summed E-state index contributed by atoms with van der Waals surface area (Å²) in [5.74, 6) is 0.683. The van der Waals surface area contributed by atoms with E-state index in [-0.39, 0.29) is 18.4 Å². The van der Waals surface area contributed by atoms with E-state index in [1.54, 1.807) is 7.05 Å². The summed E-state index contributed by atoms with van der Waals surface area (Å²) in [6, 6.07) is 0.204. The van der Waals surface area contributed by atoms with Crippen LogP contribution in [0.3, 0.4) is 0 Å². The molecule has 3 nitrogen and oxygen atoms in total. The maximum atomic E-state index is 10.8. The first kappa shape index (κ1) is 10.2. The van der Waals surface area contributed by atoms with E-state index >= 15 is 0 Å². The molecule has 0 aromatic heterocycles. The van der Waals surface area contributed by atoms with Crippen molar-refractivity contribution >= 4 is 9.84 Å². The van der Waals surface area contributed by atoms with Crippen molar-refractivity contribution < 1.29 is 20.8 Å². The quantitative estimate of drug-likeness (QED) is 0.458. The van der Waals surface area contributed by atoms with Crippen molar-refractivity contribution in [3.63, 3.8) is 0 Å². The smallest absolute Gasteiger partial charge is 0.151 e. The van der Waals surface area contributed by atoms with Crippen LogP contribution in [-0.2, 0) is 9.84 Å². The minimum Gasteiger partial charge on any atom is -1.00 e. The molecule has 1 atom stereocenters. The van der Waals surface area contributed by atoms with E-state index in [4.69, 9.17) is 0 Å². The second kappa shape index (κ2) is 3.55. The molecule has 0 aromatic rings. The summed E-state index contributed by atoms with van der Waals surface area (Å²) in [7, 11) is -0.873. The van der Waals surface area contributed by atoms with Crippen LogP contribution in [0.4, 0.5) is 0 Å². The molecule has 1 saturated heterocycles. The number of hydrogen-bond donors (Lipinski definition) is 1. The largest absolute Gasteiger partial charge is 1.00 e. The van der Waals surface area contributed by atoms with Gasteiger partial charge in [0.05, 0.1) is 11.5 Å². The van der Waals surface area contributed by atoms with Gasteiger partial charge in [0.2, 0.25) is 0 Å². The van der Waals surface area contributed by atoms with Gasteiger partial charge in [0, 0.05) is 6.04 Å². The van der Waals surface area contributed by atoms with Crippen molar-refractivity contribution in [2.24, 2.45) is 0 Å². The molecular weight excluding hydrogens is 174 g/mol. The lowest BCUT2D eigenvalue weighted by Gasteiger charge is -2.01. The molecule has 1 unspecified atom stereocenters. The van der Waals surface area contributed by atoms with Gasteiger partial charge in [-0.2, -0.15) is 0 Å². The summed E-state index contributed by atoms with van der Waals surface area (Å²) < 4.78 is 21.5. The van der Waals surface area contributed by atoms with E-state index in [0.29, 0.717) is 11.5 Å². The Hall–Kier alpha value is 0.200. The molecule has 1 fully saturated rings. The predicted molar refractivity (Wildman–Crippen MR) is 36.1 cm³/mol. The fourth-order valence-corrected chi connectivity index (χ4v) is 2.78. The van der Waals surface area contributed by atoms with E-state index in [2.05, 4.69) is 5.32 Å². The highest BCUT2D eigenvalue weighted by Crippen LogP contribution is 2.09. The zero-order chi connectivity index (χ0) is 6.91. The molecule has 1 aliphatic heterocycles. The van der Waals surface area contributed by atoms with E-state index in [1.165, 1.54) is 0 Å². The number of rotatable bonds is 1. The molecule has 10 heavy (non-hydrogen) atoms.